The second kappa shape index (κ2) is 4.87. The van der Waals surface area contributed by atoms with Crippen molar-refractivity contribution in [2.24, 2.45) is 0 Å². The molecule has 0 atom stereocenters. The fourth-order valence-corrected chi connectivity index (χ4v) is 1.56. The number of H-pyrrole nitrogens is 1. The molecule has 0 aliphatic heterocycles. The third-order valence-corrected chi connectivity index (χ3v) is 2.48. The number of benzene rings is 1. The largest absolute Gasteiger partial charge is 0.468 e. The van der Waals surface area contributed by atoms with Crippen LogP contribution in [0, 0.1) is 5.82 Å². The van der Waals surface area contributed by atoms with Crippen molar-refractivity contribution < 1.29 is 18.7 Å². The van der Waals surface area contributed by atoms with Gasteiger partial charge in [0.05, 0.1) is 7.11 Å². The maximum Gasteiger partial charge on any atom is 0.325 e. The predicted octanol–water partition coefficient (Wildman–Crippen LogP) is 1.21. The number of amides is 1. The Morgan fingerprint density at radius 1 is 1.44 bits per heavy atom. The number of aromatic amines is 1. The minimum absolute atomic E-state index is 0.194. The van der Waals surface area contributed by atoms with Gasteiger partial charge in [0.2, 0.25) is 0 Å². The summed E-state index contributed by atoms with van der Waals surface area (Å²) in [7, 11) is 1.23. The number of halogens is 1. The fraction of sp³-hybridized carbons (Fsp3) is 0.167. The molecule has 0 fully saturated rings. The van der Waals surface area contributed by atoms with Gasteiger partial charge < -0.3 is 15.0 Å². The summed E-state index contributed by atoms with van der Waals surface area (Å²) < 4.78 is 17.8. The molecule has 0 aliphatic carbocycles. The van der Waals surface area contributed by atoms with Crippen LogP contribution < -0.4 is 5.32 Å². The first-order valence-electron chi connectivity index (χ1n) is 5.24. The van der Waals surface area contributed by atoms with Crippen molar-refractivity contribution in [3.63, 3.8) is 0 Å². The van der Waals surface area contributed by atoms with Crippen molar-refractivity contribution in [1.29, 1.82) is 0 Å². The molecule has 1 amide bonds. The standard InChI is InChI=1S/C12H11FN2O3/c1-18-11(16)6-14-12(17)10-5-7-8(13)3-2-4-9(7)15-10/h2-5,15H,6H2,1H3,(H,14,17). The van der Waals surface area contributed by atoms with Crippen LogP contribution in [0.1, 0.15) is 10.5 Å². The summed E-state index contributed by atoms with van der Waals surface area (Å²) in [6.07, 6.45) is 0. The van der Waals surface area contributed by atoms with Gasteiger partial charge in [-0.3, -0.25) is 9.59 Å². The summed E-state index contributed by atoms with van der Waals surface area (Å²) in [6, 6.07) is 5.92. The molecular weight excluding hydrogens is 239 g/mol. The molecule has 0 bridgehead atoms. The van der Waals surface area contributed by atoms with Crippen LogP contribution in [-0.4, -0.2) is 30.5 Å². The zero-order valence-electron chi connectivity index (χ0n) is 9.62. The number of carbonyl (C=O) groups excluding carboxylic acids is 2. The van der Waals surface area contributed by atoms with E-state index in [0.717, 1.165) is 0 Å². The summed E-state index contributed by atoms with van der Waals surface area (Å²) >= 11 is 0. The lowest BCUT2D eigenvalue weighted by Gasteiger charge is -2.01. The first kappa shape index (κ1) is 12.1. The van der Waals surface area contributed by atoms with Crippen molar-refractivity contribution in [3.05, 3.63) is 35.8 Å². The summed E-state index contributed by atoms with van der Waals surface area (Å²) in [6.45, 7) is -0.229. The number of carbonyl (C=O) groups is 2. The average molecular weight is 250 g/mol. The molecule has 2 rings (SSSR count). The van der Waals surface area contributed by atoms with Crippen LogP contribution in [0.25, 0.3) is 10.9 Å². The van der Waals surface area contributed by atoms with E-state index in [1.54, 1.807) is 12.1 Å². The Kier molecular flexibility index (Phi) is 3.27. The first-order valence-corrected chi connectivity index (χ1v) is 5.24. The molecule has 18 heavy (non-hydrogen) atoms. The lowest BCUT2D eigenvalue weighted by molar-refractivity contribution is -0.139. The van der Waals surface area contributed by atoms with Crippen molar-refractivity contribution in [1.82, 2.24) is 10.3 Å². The van der Waals surface area contributed by atoms with Crippen LogP contribution in [-0.2, 0) is 9.53 Å². The average Bonchev–Trinajstić information content (AvgIpc) is 2.81. The highest BCUT2D eigenvalue weighted by atomic mass is 19.1. The molecule has 6 heteroatoms. The first-order chi connectivity index (χ1) is 8.61. The Morgan fingerprint density at radius 2 is 2.22 bits per heavy atom. The molecule has 1 heterocycles. The lowest BCUT2D eigenvalue weighted by atomic mass is 10.2. The summed E-state index contributed by atoms with van der Waals surface area (Å²) in [5.74, 6) is -1.45. The third-order valence-electron chi connectivity index (χ3n) is 2.48. The van der Waals surface area contributed by atoms with Gasteiger partial charge >= 0.3 is 5.97 Å². The second-order valence-electron chi connectivity index (χ2n) is 3.64. The van der Waals surface area contributed by atoms with Crippen LogP contribution in [0.3, 0.4) is 0 Å². The lowest BCUT2D eigenvalue weighted by Crippen LogP contribution is -2.30. The molecule has 0 radical (unpaired) electrons. The Morgan fingerprint density at radius 3 is 2.89 bits per heavy atom. The molecule has 1 aromatic carbocycles. The number of hydrogen-bond donors (Lipinski definition) is 2. The van der Waals surface area contributed by atoms with Crippen LogP contribution in [0.15, 0.2) is 24.3 Å². The van der Waals surface area contributed by atoms with E-state index in [9.17, 15) is 14.0 Å². The third kappa shape index (κ3) is 2.32. The van der Waals surface area contributed by atoms with Crippen LogP contribution >= 0.6 is 0 Å². The summed E-state index contributed by atoms with van der Waals surface area (Å²) in [5.41, 5.74) is 0.720. The molecule has 0 unspecified atom stereocenters. The molecule has 0 spiro atoms. The zero-order chi connectivity index (χ0) is 13.1. The Balaban J connectivity index is 2.18. The minimum atomic E-state index is -0.550. The Labute approximate surface area is 102 Å². The number of ether oxygens (including phenoxy) is 1. The highest BCUT2D eigenvalue weighted by Crippen LogP contribution is 2.18. The number of fused-ring (bicyclic) bond motifs is 1. The minimum Gasteiger partial charge on any atom is -0.468 e. The monoisotopic (exact) mass is 250 g/mol. The number of methoxy groups -OCH3 is 1. The summed E-state index contributed by atoms with van der Waals surface area (Å²) in [4.78, 5) is 25.3. The van der Waals surface area contributed by atoms with Gasteiger partial charge in [-0.05, 0) is 18.2 Å². The fourth-order valence-electron chi connectivity index (χ4n) is 1.56. The Hall–Kier alpha value is -2.37. The molecule has 0 saturated heterocycles. The zero-order valence-corrected chi connectivity index (χ0v) is 9.62. The van der Waals surface area contributed by atoms with Gasteiger partial charge in [0.25, 0.3) is 5.91 Å². The van der Waals surface area contributed by atoms with Gasteiger partial charge in [0.15, 0.2) is 0 Å². The maximum atomic E-state index is 13.4. The molecule has 5 nitrogen and oxygen atoms in total. The van der Waals surface area contributed by atoms with Gasteiger partial charge in [-0.25, -0.2) is 4.39 Å². The number of hydrogen-bond acceptors (Lipinski definition) is 3. The highest BCUT2D eigenvalue weighted by Gasteiger charge is 2.12. The van der Waals surface area contributed by atoms with E-state index < -0.39 is 17.7 Å². The smallest absolute Gasteiger partial charge is 0.325 e. The number of esters is 1. The van der Waals surface area contributed by atoms with E-state index in [0.29, 0.717) is 10.9 Å². The van der Waals surface area contributed by atoms with Gasteiger partial charge in [0, 0.05) is 10.9 Å². The number of aromatic nitrogens is 1. The highest BCUT2D eigenvalue weighted by molar-refractivity contribution is 5.99. The molecule has 2 N–H and O–H groups in total. The van der Waals surface area contributed by atoms with Crippen molar-refractivity contribution in [2.45, 2.75) is 0 Å². The SMILES string of the molecule is COC(=O)CNC(=O)c1cc2c(F)cccc2[nH]1. The van der Waals surface area contributed by atoms with Crippen LogP contribution in [0.5, 0.6) is 0 Å². The van der Waals surface area contributed by atoms with E-state index in [-0.39, 0.29) is 12.2 Å². The number of rotatable bonds is 3. The maximum absolute atomic E-state index is 13.4. The van der Waals surface area contributed by atoms with E-state index in [1.165, 1.54) is 19.2 Å². The van der Waals surface area contributed by atoms with E-state index >= 15 is 0 Å². The topological polar surface area (TPSA) is 71.2 Å². The molecule has 1 aromatic heterocycles. The van der Waals surface area contributed by atoms with Crippen molar-refractivity contribution in [2.75, 3.05) is 13.7 Å². The van der Waals surface area contributed by atoms with Gasteiger partial charge in [-0.2, -0.15) is 0 Å². The molecule has 2 aromatic rings. The van der Waals surface area contributed by atoms with E-state index in [4.69, 9.17) is 0 Å². The predicted molar refractivity (Wildman–Crippen MR) is 62.6 cm³/mol. The molecule has 0 saturated carbocycles. The van der Waals surface area contributed by atoms with Crippen LogP contribution in [0.4, 0.5) is 4.39 Å². The van der Waals surface area contributed by atoms with Gasteiger partial charge in [-0.15, -0.1) is 0 Å². The molecule has 0 aliphatic rings. The van der Waals surface area contributed by atoms with Crippen LogP contribution in [0.2, 0.25) is 0 Å². The van der Waals surface area contributed by atoms with Gasteiger partial charge in [-0.1, -0.05) is 6.07 Å². The Bertz CT molecular complexity index is 606. The van der Waals surface area contributed by atoms with Crippen molar-refractivity contribution >= 4 is 22.8 Å². The normalized spacial score (nSPS) is 10.3. The second-order valence-corrected chi connectivity index (χ2v) is 3.64. The van der Waals surface area contributed by atoms with E-state index in [1.807, 2.05) is 0 Å². The van der Waals surface area contributed by atoms with Crippen molar-refractivity contribution in [3.8, 4) is 0 Å². The molecule has 94 valence electrons. The van der Waals surface area contributed by atoms with Gasteiger partial charge in [0.1, 0.15) is 18.1 Å². The summed E-state index contributed by atoms with van der Waals surface area (Å²) in [5, 5.41) is 2.70. The van der Waals surface area contributed by atoms with E-state index in [2.05, 4.69) is 15.0 Å². The quantitative estimate of drug-likeness (QED) is 0.804. The molecular formula is C12H11FN2O3. The number of nitrogens with one attached hydrogen (secondary N) is 2.